The third-order valence-electron chi connectivity index (χ3n) is 3.79. The maximum Gasteiger partial charge on any atom is 0.273 e. The van der Waals surface area contributed by atoms with Gasteiger partial charge < -0.3 is 14.6 Å². The Hall–Kier alpha value is -2.94. The van der Waals surface area contributed by atoms with Gasteiger partial charge in [0, 0.05) is 24.2 Å². The van der Waals surface area contributed by atoms with E-state index in [9.17, 15) is 19.7 Å². The Labute approximate surface area is 166 Å². The fourth-order valence-corrected chi connectivity index (χ4v) is 2.66. The number of oxazole rings is 1. The van der Waals surface area contributed by atoms with Crippen molar-refractivity contribution in [2.24, 2.45) is 0 Å². The highest BCUT2D eigenvalue weighted by atomic mass is 35.5. The number of hydrogen-bond donors (Lipinski definition) is 1. The summed E-state index contributed by atoms with van der Waals surface area (Å²) in [7, 11) is 0. The van der Waals surface area contributed by atoms with Crippen LogP contribution in [0.4, 0.5) is 5.69 Å². The van der Waals surface area contributed by atoms with Crippen LogP contribution in [0, 0.1) is 10.1 Å². The zero-order chi connectivity index (χ0) is 21.0. The Bertz CT molecular complexity index is 894. The fraction of sp³-hybridized carbons (Fsp3) is 0.389. The SMILES string of the molecule is CC(C)NC(=O)c1coc(CN(C(=O)c2ccc([N+](=O)[O-])cc2Cl)C(C)C)n1. The summed E-state index contributed by atoms with van der Waals surface area (Å²) < 4.78 is 5.33. The summed E-state index contributed by atoms with van der Waals surface area (Å²) >= 11 is 6.07. The zero-order valence-electron chi connectivity index (χ0n) is 15.9. The Morgan fingerprint density at radius 3 is 2.54 bits per heavy atom. The van der Waals surface area contributed by atoms with Crippen LogP contribution in [-0.2, 0) is 6.54 Å². The van der Waals surface area contributed by atoms with Crippen molar-refractivity contribution in [3.63, 3.8) is 0 Å². The molecule has 0 atom stereocenters. The molecule has 0 aliphatic carbocycles. The van der Waals surface area contributed by atoms with Crippen LogP contribution in [0.1, 0.15) is 54.4 Å². The molecule has 1 aromatic carbocycles. The second kappa shape index (κ2) is 8.83. The summed E-state index contributed by atoms with van der Waals surface area (Å²) in [5.74, 6) is -0.610. The lowest BCUT2D eigenvalue weighted by Gasteiger charge is -2.25. The summed E-state index contributed by atoms with van der Waals surface area (Å²) in [6.45, 7) is 7.26. The molecule has 0 spiro atoms. The van der Waals surface area contributed by atoms with Crippen LogP contribution in [-0.4, -0.2) is 38.7 Å². The van der Waals surface area contributed by atoms with E-state index in [4.69, 9.17) is 16.0 Å². The molecule has 0 saturated carbocycles. The molecule has 0 bridgehead atoms. The van der Waals surface area contributed by atoms with E-state index in [1.807, 2.05) is 13.8 Å². The van der Waals surface area contributed by atoms with Crippen LogP contribution in [0.2, 0.25) is 5.02 Å². The molecular formula is C18H21ClN4O5. The highest BCUT2D eigenvalue weighted by Crippen LogP contribution is 2.25. The number of hydrogen-bond acceptors (Lipinski definition) is 6. The molecule has 0 aliphatic rings. The number of nitrogens with zero attached hydrogens (tertiary/aromatic N) is 3. The van der Waals surface area contributed by atoms with Crippen LogP contribution in [0.5, 0.6) is 0 Å². The van der Waals surface area contributed by atoms with Crippen molar-refractivity contribution in [3.05, 3.63) is 56.7 Å². The first-order chi connectivity index (χ1) is 13.1. The van der Waals surface area contributed by atoms with Gasteiger partial charge in [-0.25, -0.2) is 4.98 Å². The van der Waals surface area contributed by atoms with Gasteiger partial charge in [-0.3, -0.25) is 19.7 Å². The van der Waals surface area contributed by atoms with E-state index in [1.54, 1.807) is 13.8 Å². The highest BCUT2D eigenvalue weighted by molar-refractivity contribution is 6.34. The summed E-state index contributed by atoms with van der Waals surface area (Å²) in [6.07, 6.45) is 1.23. The van der Waals surface area contributed by atoms with Crippen molar-refractivity contribution < 1.29 is 18.9 Å². The molecule has 150 valence electrons. The number of aromatic nitrogens is 1. The quantitative estimate of drug-likeness (QED) is 0.553. The number of carbonyl (C=O) groups is 2. The van der Waals surface area contributed by atoms with Crippen molar-refractivity contribution in [2.75, 3.05) is 0 Å². The topological polar surface area (TPSA) is 119 Å². The molecule has 2 aromatic rings. The van der Waals surface area contributed by atoms with Gasteiger partial charge in [-0.15, -0.1) is 0 Å². The number of carbonyl (C=O) groups excluding carboxylic acids is 2. The molecule has 1 N–H and O–H groups in total. The first-order valence-corrected chi connectivity index (χ1v) is 8.98. The zero-order valence-corrected chi connectivity index (χ0v) is 16.7. The average Bonchev–Trinajstić information content (AvgIpc) is 3.07. The predicted molar refractivity (Wildman–Crippen MR) is 102 cm³/mol. The highest BCUT2D eigenvalue weighted by Gasteiger charge is 2.25. The van der Waals surface area contributed by atoms with Crippen molar-refractivity contribution in [1.82, 2.24) is 15.2 Å². The van der Waals surface area contributed by atoms with Gasteiger partial charge in [0.2, 0.25) is 5.89 Å². The lowest BCUT2D eigenvalue weighted by Crippen LogP contribution is -2.36. The van der Waals surface area contributed by atoms with Gasteiger partial charge in [0.15, 0.2) is 5.69 Å². The largest absolute Gasteiger partial charge is 0.446 e. The lowest BCUT2D eigenvalue weighted by atomic mass is 10.1. The molecular weight excluding hydrogens is 388 g/mol. The maximum atomic E-state index is 12.9. The lowest BCUT2D eigenvalue weighted by molar-refractivity contribution is -0.384. The van der Waals surface area contributed by atoms with Crippen LogP contribution < -0.4 is 5.32 Å². The molecule has 0 saturated heterocycles. The van der Waals surface area contributed by atoms with Gasteiger partial charge in [-0.2, -0.15) is 0 Å². The molecule has 1 heterocycles. The van der Waals surface area contributed by atoms with Gasteiger partial charge in [-0.05, 0) is 33.8 Å². The van der Waals surface area contributed by atoms with Gasteiger partial charge in [0.05, 0.1) is 22.1 Å². The van der Waals surface area contributed by atoms with Crippen LogP contribution in [0.15, 0.2) is 28.9 Å². The first kappa shape index (κ1) is 21.4. The molecule has 1 aromatic heterocycles. The summed E-state index contributed by atoms with van der Waals surface area (Å²) in [6, 6.07) is 3.38. The smallest absolute Gasteiger partial charge is 0.273 e. The summed E-state index contributed by atoms with van der Waals surface area (Å²) in [5, 5.41) is 13.5. The van der Waals surface area contributed by atoms with Crippen molar-refractivity contribution in [1.29, 1.82) is 0 Å². The molecule has 0 radical (unpaired) electrons. The Kier molecular flexibility index (Phi) is 6.74. The predicted octanol–water partition coefficient (Wildman–Crippen LogP) is 3.43. The third kappa shape index (κ3) is 5.07. The first-order valence-electron chi connectivity index (χ1n) is 8.60. The van der Waals surface area contributed by atoms with E-state index >= 15 is 0 Å². The number of non-ortho nitro benzene ring substituents is 1. The number of nitro benzene ring substituents is 1. The third-order valence-corrected chi connectivity index (χ3v) is 4.10. The Morgan fingerprint density at radius 2 is 2.00 bits per heavy atom. The number of nitro groups is 1. The standard InChI is InChI=1S/C18H21ClN4O5/c1-10(2)20-17(24)15-9-28-16(21-15)8-22(11(3)4)18(25)13-6-5-12(23(26)27)7-14(13)19/h5-7,9-11H,8H2,1-4H3,(H,20,24). The molecule has 2 amide bonds. The van der Waals surface area contributed by atoms with Crippen molar-refractivity contribution >= 4 is 29.1 Å². The van der Waals surface area contributed by atoms with Crippen molar-refractivity contribution in [3.8, 4) is 0 Å². The number of amides is 2. The molecule has 28 heavy (non-hydrogen) atoms. The van der Waals surface area contributed by atoms with E-state index in [-0.39, 0.29) is 52.4 Å². The van der Waals surface area contributed by atoms with Gasteiger partial charge >= 0.3 is 0 Å². The monoisotopic (exact) mass is 408 g/mol. The molecule has 0 unspecified atom stereocenters. The maximum absolute atomic E-state index is 12.9. The minimum absolute atomic E-state index is 0.0127. The average molecular weight is 409 g/mol. The summed E-state index contributed by atoms with van der Waals surface area (Å²) in [4.78, 5) is 40.7. The van der Waals surface area contributed by atoms with E-state index < -0.39 is 10.8 Å². The minimum atomic E-state index is -0.586. The number of benzene rings is 1. The van der Waals surface area contributed by atoms with Gasteiger partial charge in [-0.1, -0.05) is 11.6 Å². The van der Waals surface area contributed by atoms with Crippen LogP contribution in [0.25, 0.3) is 0 Å². The van der Waals surface area contributed by atoms with E-state index in [0.29, 0.717) is 0 Å². The second-order valence-corrected chi connectivity index (χ2v) is 7.11. The molecule has 2 rings (SSSR count). The molecule has 0 fully saturated rings. The molecule has 0 aliphatic heterocycles. The Morgan fingerprint density at radius 1 is 1.32 bits per heavy atom. The van der Waals surface area contributed by atoms with Gasteiger partial charge in [0.1, 0.15) is 6.26 Å². The van der Waals surface area contributed by atoms with E-state index in [0.717, 1.165) is 6.07 Å². The van der Waals surface area contributed by atoms with Gasteiger partial charge in [0.25, 0.3) is 17.5 Å². The van der Waals surface area contributed by atoms with Crippen LogP contribution >= 0.6 is 11.6 Å². The normalized spacial score (nSPS) is 11.0. The molecule has 10 heteroatoms. The number of nitrogens with one attached hydrogen (secondary N) is 1. The van der Waals surface area contributed by atoms with Crippen LogP contribution in [0.3, 0.4) is 0 Å². The van der Waals surface area contributed by atoms with E-state index in [1.165, 1.54) is 23.3 Å². The number of rotatable bonds is 7. The number of halogens is 1. The van der Waals surface area contributed by atoms with Crippen molar-refractivity contribution in [2.45, 2.75) is 46.3 Å². The molecule has 9 nitrogen and oxygen atoms in total. The fourth-order valence-electron chi connectivity index (χ4n) is 2.40. The summed E-state index contributed by atoms with van der Waals surface area (Å²) in [5.41, 5.74) is 0.0460. The minimum Gasteiger partial charge on any atom is -0.446 e. The van der Waals surface area contributed by atoms with E-state index in [2.05, 4.69) is 10.3 Å². The Balaban J connectivity index is 2.22. The second-order valence-electron chi connectivity index (χ2n) is 6.70.